The molecule has 0 bridgehead atoms. The zero-order valence-electron chi connectivity index (χ0n) is 14.0. The highest BCUT2D eigenvalue weighted by Crippen LogP contribution is 2.62. The summed E-state index contributed by atoms with van der Waals surface area (Å²) in [6.45, 7) is 6.86. The van der Waals surface area contributed by atoms with Gasteiger partial charge in [0.25, 0.3) is 0 Å². The number of carbonyl (C=O) groups is 2. The number of ketones is 2. The van der Waals surface area contributed by atoms with Gasteiger partial charge in [-0.25, -0.2) is 0 Å². The molecule has 0 radical (unpaired) electrons. The van der Waals surface area contributed by atoms with E-state index in [4.69, 9.17) is 5.11 Å². The number of carbonyl (C=O) groups excluding carboxylic acids is 2. The molecular formula is C19H28O3. The van der Waals surface area contributed by atoms with E-state index in [2.05, 4.69) is 20.8 Å². The molecule has 0 aliphatic heterocycles. The minimum absolute atomic E-state index is 0.0430. The van der Waals surface area contributed by atoms with Gasteiger partial charge in [0.15, 0.2) is 11.6 Å². The van der Waals surface area contributed by atoms with Gasteiger partial charge < -0.3 is 5.11 Å². The summed E-state index contributed by atoms with van der Waals surface area (Å²) in [5.74, 6) is 0.508. The molecule has 4 atom stereocenters. The van der Waals surface area contributed by atoms with E-state index in [1.807, 2.05) is 0 Å². The minimum Gasteiger partial charge on any atom is -0.396 e. The second-order valence-electron chi connectivity index (χ2n) is 8.47. The van der Waals surface area contributed by atoms with Crippen molar-refractivity contribution < 1.29 is 14.7 Å². The summed E-state index contributed by atoms with van der Waals surface area (Å²) >= 11 is 0. The second kappa shape index (κ2) is 5.30. The lowest BCUT2D eigenvalue weighted by Gasteiger charge is -2.59. The smallest absolute Gasteiger partial charge is 0.162 e. The third kappa shape index (κ3) is 2.20. The average Bonchev–Trinajstić information content (AvgIpc) is 2.42. The summed E-state index contributed by atoms with van der Waals surface area (Å²) in [6.07, 6.45) is 7.19. The normalized spacial score (nSPS) is 40.7. The Balaban J connectivity index is 2.00. The van der Waals surface area contributed by atoms with E-state index in [0.717, 1.165) is 25.7 Å². The maximum Gasteiger partial charge on any atom is 0.162 e. The zero-order valence-corrected chi connectivity index (χ0v) is 14.0. The Morgan fingerprint density at radius 3 is 2.59 bits per heavy atom. The SMILES string of the molecule is CC1(C)CCC[C@]2(C)[C@H]3C(=O)C=C(CCO)C(=O)[C@@H]3CC[C@@H]12. The Labute approximate surface area is 133 Å². The Bertz CT molecular complexity index is 531. The van der Waals surface area contributed by atoms with Crippen molar-refractivity contribution in [2.75, 3.05) is 6.61 Å². The van der Waals surface area contributed by atoms with Gasteiger partial charge in [-0.15, -0.1) is 0 Å². The Hall–Kier alpha value is -0.960. The fourth-order valence-electron chi connectivity index (χ4n) is 5.92. The van der Waals surface area contributed by atoms with E-state index in [9.17, 15) is 9.59 Å². The number of rotatable bonds is 2. The monoisotopic (exact) mass is 304 g/mol. The molecule has 0 aromatic carbocycles. The molecule has 3 heteroatoms. The molecule has 0 aromatic heterocycles. The Morgan fingerprint density at radius 2 is 1.91 bits per heavy atom. The predicted octanol–water partition coefficient (Wildman–Crippen LogP) is 3.31. The van der Waals surface area contributed by atoms with E-state index in [1.54, 1.807) is 6.08 Å². The van der Waals surface area contributed by atoms with E-state index >= 15 is 0 Å². The molecule has 0 heterocycles. The average molecular weight is 304 g/mol. The summed E-state index contributed by atoms with van der Waals surface area (Å²) in [7, 11) is 0. The van der Waals surface area contributed by atoms with Gasteiger partial charge in [0.05, 0.1) is 0 Å². The maximum absolute atomic E-state index is 12.8. The van der Waals surface area contributed by atoms with Crippen molar-refractivity contribution in [3.63, 3.8) is 0 Å². The van der Waals surface area contributed by atoms with Crippen LogP contribution in [0.4, 0.5) is 0 Å². The van der Waals surface area contributed by atoms with E-state index in [-0.39, 0.29) is 40.8 Å². The largest absolute Gasteiger partial charge is 0.396 e. The fraction of sp³-hybridized carbons (Fsp3) is 0.789. The van der Waals surface area contributed by atoms with Crippen LogP contribution in [0.5, 0.6) is 0 Å². The van der Waals surface area contributed by atoms with Gasteiger partial charge >= 0.3 is 0 Å². The molecule has 3 aliphatic carbocycles. The Morgan fingerprint density at radius 1 is 1.18 bits per heavy atom. The van der Waals surface area contributed by atoms with Crippen LogP contribution in [0.25, 0.3) is 0 Å². The van der Waals surface area contributed by atoms with Crippen LogP contribution in [-0.2, 0) is 9.59 Å². The van der Waals surface area contributed by atoms with Crippen LogP contribution in [0.3, 0.4) is 0 Å². The lowest BCUT2D eigenvalue weighted by atomic mass is 9.44. The van der Waals surface area contributed by atoms with E-state index in [1.165, 1.54) is 6.42 Å². The molecule has 1 N–H and O–H groups in total. The van der Waals surface area contributed by atoms with Gasteiger partial charge in [0.1, 0.15) is 0 Å². The molecule has 0 spiro atoms. The van der Waals surface area contributed by atoms with Crippen molar-refractivity contribution in [2.45, 2.75) is 59.3 Å². The van der Waals surface area contributed by atoms with Crippen molar-refractivity contribution in [3.8, 4) is 0 Å². The van der Waals surface area contributed by atoms with Crippen LogP contribution >= 0.6 is 0 Å². The first kappa shape index (κ1) is 15.9. The molecule has 22 heavy (non-hydrogen) atoms. The fourth-order valence-corrected chi connectivity index (χ4v) is 5.92. The van der Waals surface area contributed by atoms with Crippen molar-refractivity contribution in [1.82, 2.24) is 0 Å². The predicted molar refractivity (Wildman–Crippen MR) is 85.2 cm³/mol. The molecule has 2 saturated carbocycles. The van der Waals surface area contributed by atoms with Crippen molar-refractivity contribution in [1.29, 1.82) is 0 Å². The lowest BCUT2D eigenvalue weighted by molar-refractivity contribution is -0.151. The number of allylic oxidation sites excluding steroid dienone is 1. The summed E-state index contributed by atoms with van der Waals surface area (Å²) in [6, 6.07) is 0. The molecule has 2 fully saturated rings. The van der Waals surface area contributed by atoms with Crippen LogP contribution in [0.2, 0.25) is 0 Å². The summed E-state index contributed by atoms with van der Waals surface area (Å²) in [4.78, 5) is 25.6. The quantitative estimate of drug-likeness (QED) is 0.851. The number of aliphatic hydroxyl groups excluding tert-OH is 1. The van der Waals surface area contributed by atoms with Crippen LogP contribution in [-0.4, -0.2) is 23.3 Å². The number of aliphatic hydroxyl groups is 1. The van der Waals surface area contributed by atoms with Gasteiger partial charge in [0.2, 0.25) is 0 Å². The van der Waals surface area contributed by atoms with Crippen molar-refractivity contribution in [2.24, 2.45) is 28.6 Å². The molecule has 0 aromatic rings. The maximum atomic E-state index is 12.8. The minimum atomic E-state index is -0.144. The molecular weight excluding hydrogens is 276 g/mol. The zero-order chi connectivity index (χ0) is 16.1. The van der Waals surface area contributed by atoms with Gasteiger partial charge in [-0.1, -0.05) is 27.2 Å². The second-order valence-corrected chi connectivity index (χ2v) is 8.47. The van der Waals surface area contributed by atoms with Crippen molar-refractivity contribution in [3.05, 3.63) is 11.6 Å². The molecule has 122 valence electrons. The first-order valence-corrected chi connectivity index (χ1v) is 8.71. The van der Waals surface area contributed by atoms with Crippen LogP contribution in [0.1, 0.15) is 59.3 Å². The summed E-state index contributed by atoms with van der Waals surface area (Å²) in [5, 5.41) is 9.12. The lowest BCUT2D eigenvalue weighted by Crippen LogP contribution is -2.56. The summed E-state index contributed by atoms with van der Waals surface area (Å²) in [5.41, 5.74) is 0.764. The van der Waals surface area contributed by atoms with E-state index in [0.29, 0.717) is 17.9 Å². The highest BCUT2D eigenvalue weighted by Gasteiger charge is 2.58. The molecule has 0 amide bonds. The molecule has 3 rings (SSSR count). The third-order valence-electron chi connectivity index (χ3n) is 6.81. The highest BCUT2D eigenvalue weighted by atomic mass is 16.3. The van der Waals surface area contributed by atoms with Crippen molar-refractivity contribution >= 4 is 11.6 Å². The molecule has 0 saturated heterocycles. The van der Waals surface area contributed by atoms with Gasteiger partial charge in [0, 0.05) is 24.0 Å². The Kier molecular flexibility index (Phi) is 3.83. The molecule has 0 unspecified atom stereocenters. The first-order valence-electron chi connectivity index (χ1n) is 8.71. The topological polar surface area (TPSA) is 54.4 Å². The summed E-state index contributed by atoms with van der Waals surface area (Å²) < 4.78 is 0. The third-order valence-corrected chi connectivity index (χ3v) is 6.81. The standard InChI is InChI=1S/C19H28O3/c1-18(2)8-4-9-19(3)15(18)6-5-13-16(19)14(21)11-12(7-10-20)17(13)22/h11,13,15-16,20H,4-10H2,1-3H3/t13-,15+,16-,19+/m1/s1. The van der Waals surface area contributed by atoms with Crippen LogP contribution < -0.4 is 0 Å². The highest BCUT2D eigenvalue weighted by molar-refractivity contribution is 6.11. The number of fused-ring (bicyclic) bond motifs is 3. The van der Waals surface area contributed by atoms with Gasteiger partial charge in [-0.05, 0) is 54.9 Å². The van der Waals surface area contributed by atoms with Crippen LogP contribution in [0, 0.1) is 28.6 Å². The van der Waals surface area contributed by atoms with Crippen LogP contribution in [0.15, 0.2) is 11.6 Å². The number of hydrogen-bond acceptors (Lipinski definition) is 3. The van der Waals surface area contributed by atoms with Gasteiger partial charge in [-0.2, -0.15) is 0 Å². The van der Waals surface area contributed by atoms with Gasteiger partial charge in [-0.3, -0.25) is 9.59 Å². The molecule has 3 aliphatic rings. The number of Topliss-reactive ketones (excluding diaryl/α,β-unsaturated/α-hetero) is 1. The van der Waals surface area contributed by atoms with E-state index < -0.39 is 0 Å². The molecule has 3 nitrogen and oxygen atoms in total. The number of hydrogen-bond donors (Lipinski definition) is 1. The first-order chi connectivity index (χ1) is 10.3.